The number of ether oxygens (including phenoxy) is 1. The summed E-state index contributed by atoms with van der Waals surface area (Å²) in [5, 5.41) is 0. The van der Waals surface area contributed by atoms with E-state index in [0.29, 0.717) is 10.6 Å². The fraction of sp³-hybridized carbons (Fsp3) is 0.308. The maximum Gasteiger partial charge on any atom is 0.206 e. The topological polar surface area (TPSA) is 55.7 Å². The standard InChI is InChI=1S/C14H14O3S.C7H8.C2H6.CH4NP.2CH4/c1-11-3-7-13(8-4-11)18(15,16)14-9-5-12(17-2)6-10-14;1-7-5-3-2-4-6-7;1-2;1-2-3;;/h3-10H,1-2H3;2-6H,1H3;1-2H3;3H,1H3;2*1H4. The van der Waals surface area contributed by atoms with Crippen LogP contribution in [0.5, 0.6) is 5.75 Å². The molecular formula is C26H40NO3PS. The zero-order valence-electron chi connectivity index (χ0n) is 18.6. The highest BCUT2D eigenvalue weighted by Crippen LogP contribution is 2.23. The minimum Gasteiger partial charge on any atom is -0.497 e. The lowest BCUT2D eigenvalue weighted by Crippen LogP contribution is -2.01. The van der Waals surface area contributed by atoms with E-state index in [0.717, 1.165) is 5.56 Å². The van der Waals surface area contributed by atoms with Crippen LogP contribution in [0.25, 0.3) is 0 Å². The Balaban J connectivity index is -0.000000504. The van der Waals surface area contributed by atoms with Gasteiger partial charge in [-0.1, -0.05) is 82.3 Å². The lowest BCUT2D eigenvalue weighted by Gasteiger charge is -2.06. The van der Waals surface area contributed by atoms with Gasteiger partial charge in [-0.15, -0.1) is 0 Å². The average Bonchev–Trinajstić information content (AvgIpc) is 2.77. The van der Waals surface area contributed by atoms with Gasteiger partial charge in [0.25, 0.3) is 0 Å². The Bertz CT molecular complexity index is 941. The van der Waals surface area contributed by atoms with Crippen molar-refractivity contribution in [3.63, 3.8) is 0 Å². The van der Waals surface area contributed by atoms with E-state index in [9.17, 15) is 8.42 Å². The molecule has 3 aromatic carbocycles. The molecule has 0 fully saturated rings. The number of benzene rings is 3. The lowest BCUT2D eigenvalue weighted by molar-refractivity contribution is 0.414. The third kappa shape index (κ3) is 12.4. The van der Waals surface area contributed by atoms with Gasteiger partial charge in [-0.2, -0.15) is 0 Å². The Kier molecular flexibility index (Phi) is 20.5. The maximum atomic E-state index is 12.3. The lowest BCUT2D eigenvalue weighted by atomic mass is 10.2. The predicted molar refractivity (Wildman–Crippen MR) is 142 cm³/mol. The number of hydrogen-bond acceptors (Lipinski definition) is 4. The van der Waals surface area contributed by atoms with Crippen molar-refractivity contribution in [2.24, 2.45) is 4.74 Å². The molecule has 0 heterocycles. The summed E-state index contributed by atoms with van der Waals surface area (Å²) in [5.74, 6) is 0.637. The summed E-state index contributed by atoms with van der Waals surface area (Å²) in [4.78, 5) is 0.574. The summed E-state index contributed by atoms with van der Waals surface area (Å²) >= 11 is 0. The van der Waals surface area contributed by atoms with Crippen LogP contribution in [-0.4, -0.2) is 22.6 Å². The van der Waals surface area contributed by atoms with Gasteiger partial charge < -0.3 is 4.74 Å². The van der Waals surface area contributed by atoms with E-state index < -0.39 is 9.84 Å². The highest BCUT2D eigenvalue weighted by atomic mass is 32.2. The first-order valence-corrected chi connectivity index (χ1v) is 11.5. The molecule has 0 radical (unpaired) electrons. The monoisotopic (exact) mass is 477 g/mol. The molecule has 0 amide bonds. The minimum absolute atomic E-state index is 0. The molecular weight excluding hydrogens is 437 g/mol. The molecule has 0 aliphatic carbocycles. The number of methoxy groups -OCH3 is 1. The van der Waals surface area contributed by atoms with Crippen molar-refractivity contribution in [2.75, 3.05) is 14.2 Å². The van der Waals surface area contributed by atoms with Gasteiger partial charge in [-0.05, 0) is 59.3 Å². The number of nitrogens with zero attached hydrogens (tertiary/aromatic N) is 1. The quantitative estimate of drug-likeness (QED) is 0.358. The highest BCUT2D eigenvalue weighted by Gasteiger charge is 2.17. The third-order valence-corrected chi connectivity index (χ3v) is 5.43. The van der Waals surface area contributed by atoms with Gasteiger partial charge in [0.05, 0.1) is 16.9 Å². The zero-order chi connectivity index (χ0) is 23.0. The molecule has 0 saturated carbocycles. The van der Waals surface area contributed by atoms with Crippen LogP contribution in [0.3, 0.4) is 0 Å². The SMILES string of the molecule is C.C.CC.CN=P.COc1ccc(S(=O)(=O)c2ccc(C)cc2)cc1.Cc1ccccc1. The van der Waals surface area contributed by atoms with E-state index in [1.54, 1.807) is 62.7 Å². The first kappa shape index (κ1) is 34.1. The summed E-state index contributed by atoms with van der Waals surface area (Å²) in [5.41, 5.74) is 2.35. The van der Waals surface area contributed by atoms with Crippen LogP contribution in [0, 0.1) is 13.8 Å². The molecule has 0 aromatic heterocycles. The normalized spacial score (nSPS) is 8.81. The fourth-order valence-electron chi connectivity index (χ4n) is 2.14. The molecule has 0 bridgehead atoms. The minimum atomic E-state index is -3.44. The molecule has 0 unspecified atom stereocenters. The Labute approximate surface area is 198 Å². The van der Waals surface area contributed by atoms with Gasteiger partial charge in [0, 0.05) is 7.05 Å². The van der Waals surface area contributed by atoms with E-state index in [1.165, 1.54) is 5.56 Å². The molecule has 0 N–H and O–H groups in total. The molecule has 6 heteroatoms. The molecule has 3 aromatic rings. The largest absolute Gasteiger partial charge is 0.497 e. The van der Waals surface area contributed by atoms with E-state index in [-0.39, 0.29) is 19.7 Å². The van der Waals surface area contributed by atoms with Crippen LogP contribution >= 0.6 is 9.03 Å². The molecule has 3 rings (SSSR count). The third-order valence-electron chi connectivity index (χ3n) is 3.64. The Hall–Kier alpha value is -2.49. The van der Waals surface area contributed by atoms with Gasteiger partial charge in [0.15, 0.2) is 0 Å². The van der Waals surface area contributed by atoms with Crippen molar-refractivity contribution >= 4 is 18.9 Å². The van der Waals surface area contributed by atoms with Crippen molar-refractivity contribution in [2.45, 2.75) is 52.3 Å². The molecule has 32 heavy (non-hydrogen) atoms. The molecule has 0 atom stereocenters. The number of rotatable bonds is 3. The second kappa shape index (κ2) is 19.2. The molecule has 0 aliphatic heterocycles. The maximum absolute atomic E-state index is 12.3. The molecule has 0 aliphatic rings. The van der Waals surface area contributed by atoms with Crippen molar-refractivity contribution in [3.05, 3.63) is 90.0 Å². The predicted octanol–water partition coefficient (Wildman–Crippen LogP) is 8.07. The fourth-order valence-corrected chi connectivity index (χ4v) is 3.40. The van der Waals surface area contributed by atoms with Crippen LogP contribution in [0.1, 0.15) is 39.8 Å². The highest BCUT2D eigenvalue weighted by molar-refractivity contribution is 7.91. The van der Waals surface area contributed by atoms with Crippen LogP contribution in [-0.2, 0) is 9.84 Å². The first-order valence-electron chi connectivity index (χ1n) is 9.58. The van der Waals surface area contributed by atoms with E-state index >= 15 is 0 Å². The van der Waals surface area contributed by atoms with Gasteiger partial charge in [-0.3, -0.25) is 4.74 Å². The van der Waals surface area contributed by atoms with Crippen LogP contribution in [0.2, 0.25) is 0 Å². The van der Waals surface area contributed by atoms with Crippen LogP contribution in [0.15, 0.2) is 93.4 Å². The Morgan fingerprint density at radius 3 is 1.38 bits per heavy atom. The molecule has 4 nitrogen and oxygen atoms in total. The van der Waals surface area contributed by atoms with Gasteiger partial charge in [0.2, 0.25) is 9.84 Å². The van der Waals surface area contributed by atoms with E-state index in [4.69, 9.17) is 4.74 Å². The van der Waals surface area contributed by atoms with Crippen molar-refractivity contribution in [3.8, 4) is 5.75 Å². The average molecular weight is 478 g/mol. The molecule has 178 valence electrons. The summed E-state index contributed by atoms with van der Waals surface area (Å²) in [6.45, 7) is 8.00. The second-order valence-corrected chi connectivity index (χ2v) is 8.27. The smallest absolute Gasteiger partial charge is 0.206 e. The second-order valence-electron chi connectivity index (χ2n) is 5.87. The summed E-state index contributed by atoms with van der Waals surface area (Å²) in [6, 6.07) is 23.5. The van der Waals surface area contributed by atoms with Crippen molar-refractivity contribution in [1.29, 1.82) is 0 Å². The first-order chi connectivity index (χ1) is 14.3. The Morgan fingerprint density at radius 1 is 0.719 bits per heavy atom. The van der Waals surface area contributed by atoms with Gasteiger partial charge in [-0.25, -0.2) is 8.42 Å². The summed E-state index contributed by atoms with van der Waals surface area (Å²) in [7, 11) is 2.58. The van der Waals surface area contributed by atoms with Crippen LogP contribution in [0.4, 0.5) is 0 Å². The number of sulfone groups is 1. The summed E-state index contributed by atoms with van der Waals surface area (Å²) < 4.78 is 32.9. The number of hydrogen-bond donors (Lipinski definition) is 0. The van der Waals surface area contributed by atoms with E-state index in [2.05, 4.69) is 32.8 Å². The zero-order valence-corrected chi connectivity index (χ0v) is 20.4. The molecule has 0 spiro atoms. The number of aryl methyl sites for hydroxylation is 2. The van der Waals surface area contributed by atoms with Crippen LogP contribution < -0.4 is 4.74 Å². The van der Waals surface area contributed by atoms with E-state index in [1.807, 2.05) is 39.0 Å². The molecule has 0 saturated heterocycles. The van der Waals surface area contributed by atoms with Gasteiger partial charge in [0.1, 0.15) is 5.75 Å². The van der Waals surface area contributed by atoms with Gasteiger partial charge >= 0.3 is 0 Å². The van der Waals surface area contributed by atoms with Crippen molar-refractivity contribution in [1.82, 2.24) is 0 Å². The van der Waals surface area contributed by atoms with Crippen molar-refractivity contribution < 1.29 is 13.2 Å². The summed E-state index contributed by atoms with van der Waals surface area (Å²) in [6.07, 6.45) is 0. The Morgan fingerprint density at radius 2 is 1.06 bits per heavy atom.